The van der Waals surface area contributed by atoms with Crippen molar-refractivity contribution in [1.82, 2.24) is 14.7 Å². The Bertz CT molecular complexity index is 862. The van der Waals surface area contributed by atoms with Gasteiger partial charge < -0.3 is 9.57 Å². The molecule has 3 aromatic rings. The van der Waals surface area contributed by atoms with E-state index < -0.39 is 0 Å². The molecule has 0 radical (unpaired) electrons. The summed E-state index contributed by atoms with van der Waals surface area (Å²) >= 11 is 0. The van der Waals surface area contributed by atoms with E-state index in [2.05, 4.69) is 16.9 Å². The summed E-state index contributed by atoms with van der Waals surface area (Å²) in [5, 5.41) is 0.643. The van der Waals surface area contributed by atoms with Crippen molar-refractivity contribution >= 4 is 11.0 Å². The van der Waals surface area contributed by atoms with Crippen LogP contribution in [0, 0.1) is 0 Å². The lowest BCUT2D eigenvalue weighted by Crippen LogP contribution is -2.28. The number of benzene rings is 1. The highest BCUT2D eigenvalue weighted by Crippen LogP contribution is 2.21. The van der Waals surface area contributed by atoms with Crippen LogP contribution in [-0.2, 0) is 6.61 Å². The number of unbranched alkanes of at least 4 members (excludes halogenated alkanes) is 1. The largest absolute Gasteiger partial charge is 0.488 e. The van der Waals surface area contributed by atoms with Gasteiger partial charge in [0.1, 0.15) is 25.3 Å². The summed E-state index contributed by atoms with van der Waals surface area (Å²) < 4.78 is 7.03. The lowest BCUT2D eigenvalue weighted by molar-refractivity contribution is 0.108. The van der Waals surface area contributed by atoms with E-state index in [1.807, 2.05) is 30.3 Å². The molecule has 6 nitrogen and oxygen atoms in total. The molecule has 0 saturated carbocycles. The Balaban J connectivity index is 1.91. The van der Waals surface area contributed by atoms with Crippen molar-refractivity contribution in [2.75, 3.05) is 6.61 Å². The van der Waals surface area contributed by atoms with Gasteiger partial charge in [-0.3, -0.25) is 4.79 Å². The molecule has 0 amide bonds. The van der Waals surface area contributed by atoms with Crippen LogP contribution >= 0.6 is 0 Å². The minimum atomic E-state index is -0.305. The van der Waals surface area contributed by atoms with Crippen LogP contribution in [0.1, 0.15) is 25.3 Å². The molecular formula is C18H19N3O3. The van der Waals surface area contributed by atoms with Gasteiger partial charge >= 0.3 is 0 Å². The van der Waals surface area contributed by atoms with Crippen molar-refractivity contribution in [3.63, 3.8) is 0 Å². The van der Waals surface area contributed by atoms with E-state index in [9.17, 15) is 4.79 Å². The molecule has 2 heterocycles. The summed E-state index contributed by atoms with van der Waals surface area (Å²) in [7, 11) is 0. The fourth-order valence-electron chi connectivity index (χ4n) is 2.29. The van der Waals surface area contributed by atoms with E-state index in [1.165, 1.54) is 17.1 Å². The molecule has 0 bridgehead atoms. The third-order valence-corrected chi connectivity index (χ3v) is 3.56. The molecule has 124 valence electrons. The topological polar surface area (TPSA) is 66.2 Å². The van der Waals surface area contributed by atoms with Crippen molar-refractivity contribution in [3.05, 3.63) is 64.8 Å². The molecule has 0 spiro atoms. The lowest BCUT2D eigenvalue weighted by atomic mass is 10.2. The highest BCUT2D eigenvalue weighted by atomic mass is 16.7. The summed E-state index contributed by atoms with van der Waals surface area (Å²) in [5.74, 6) is 0.454. The molecule has 0 aliphatic heterocycles. The first-order valence-electron chi connectivity index (χ1n) is 7.95. The second-order valence-electron chi connectivity index (χ2n) is 5.36. The molecule has 0 aliphatic carbocycles. The van der Waals surface area contributed by atoms with Crippen LogP contribution in [0.3, 0.4) is 0 Å². The summed E-state index contributed by atoms with van der Waals surface area (Å²) in [6.45, 7) is 2.89. The quantitative estimate of drug-likeness (QED) is 0.625. The average Bonchev–Trinajstić information content (AvgIpc) is 2.63. The number of hydrogen-bond acceptors (Lipinski definition) is 5. The van der Waals surface area contributed by atoms with Gasteiger partial charge in [0.25, 0.3) is 5.56 Å². The number of pyridine rings is 1. The molecule has 24 heavy (non-hydrogen) atoms. The Morgan fingerprint density at radius 2 is 2.04 bits per heavy atom. The van der Waals surface area contributed by atoms with Gasteiger partial charge in [-0.15, -0.1) is 4.73 Å². The zero-order valence-corrected chi connectivity index (χ0v) is 13.5. The number of aromatic nitrogens is 3. The molecule has 0 unspecified atom stereocenters. The second kappa shape index (κ2) is 7.59. The normalized spacial score (nSPS) is 10.7. The SMILES string of the molecule is CCCCOn1c(=O)cc(OCc2ccccc2)c2cncnc21. The van der Waals surface area contributed by atoms with Crippen molar-refractivity contribution in [2.24, 2.45) is 0 Å². The highest BCUT2D eigenvalue weighted by molar-refractivity contribution is 5.80. The van der Waals surface area contributed by atoms with E-state index in [1.54, 1.807) is 6.20 Å². The number of nitrogens with zero attached hydrogens (tertiary/aromatic N) is 3. The van der Waals surface area contributed by atoms with Gasteiger partial charge in [0.05, 0.1) is 5.39 Å². The monoisotopic (exact) mass is 325 g/mol. The van der Waals surface area contributed by atoms with E-state index in [0.29, 0.717) is 30.0 Å². The molecule has 0 N–H and O–H groups in total. The Labute approximate surface area is 139 Å². The van der Waals surface area contributed by atoms with E-state index in [0.717, 1.165) is 18.4 Å². The lowest BCUT2D eigenvalue weighted by Gasteiger charge is -2.13. The van der Waals surface area contributed by atoms with Crippen LogP contribution in [0.15, 0.2) is 53.7 Å². The molecule has 2 aromatic heterocycles. The Kier molecular flexibility index (Phi) is 5.05. The zero-order chi connectivity index (χ0) is 16.8. The van der Waals surface area contributed by atoms with Gasteiger partial charge in [0.2, 0.25) is 0 Å². The van der Waals surface area contributed by atoms with Gasteiger partial charge in [-0.25, -0.2) is 9.97 Å². The standard InChI is InChI=1S/C18H19N3O3/c1-2-3-9-24-21-17(22)10-16(15-11-19-13-20-18(15)21)23-12-14-7-5-4-6-8-14/h4-8,10-11,13H,2-3,9,12H2,1H3. The van der Waals surface area contributed by atoms with Crippen molar-refractivity contribution < 1.29 is 9.57 Å². The highest BCUT2D eigenvalue weighted by Gasteiger charge is 2.12. The molecule has 0 aliphatic rings. The Hall–Kier alpha value is -2.89. The van der Waals surface area contributed by atoms with E-state index >= 15 is 0 Å². The molecule has 1 aromatic carbocycles. The minimum Gasteiger partial charge on any atom is -0.488 e. The Morgan fingerprint density at radius 1 is 1.21 bits per heavy atom. The van der Waals surface area contributed by atoms with Crippen molar-refractivity contribution in [2.45, 2.75) is 26.4 Å². The van der Waals surface area contributed by atoms with Crippen molar-refractivity contribution in [1.29, 1.82) is 0 Å². The average molecular weight is 325 g/mol. The summed E-state index contributed by atoms with van der Waals surface area (Å²) in [6.07, 6.45) is 4.87. The molecule has 6 heteroatoms. The summed E-state index contributed by atoms with van der Waals surface area (Å²) in [5.41, 5.74) is 1.13. The Morgan fingerprint density at radius 3 is 2.83 bits per heavy atom. The summed E-state index contributed by atoms with van der Waals surface area (Å²) in [6, 6.07) is 11.2. The van der Waals surface area contributed by atoms with Crippen LogP contribution in [0.25, 0.3) is 11.0 Å². The summed E-state index contributed by atoms with van der Waals surface area (Å²) in [4.78, 5) is 26.1. The van der Waals surface area contributed by atoms with Gasteiger partial charge in [0.15, 0.2) is 5.65 Å². The third kappa shape index (κ3) is 3.53. The number of hydrogen-bond donors (Lipinski definition) is 0. The molecule has 0 fully saturated rings. The molecule has 3 rings (SSSR count). The maximum atomic E-state index is 12.4. The van der Waals surface area contributed by atoms with Crippen molar-refractivity contribution in [3.8, 4) is 5.75 Å². The van der Waals surface area contributed by atoms with Gasteiger partial charge in [-0.2, -0.15) is 0 Å². The van der Waals surface area contributed by atoms with Crippen LogP contribution in [-0.4, -0.2) is 21.3 Å². The first-order chi connectivity index (χ1) is 11.8. The fourth-order valence-corrected chi connectivity index (χ4v) is 2.29. The smallest absolute Gasteiger partial charge is 0.288 e. The number of ether oxygens (including phenoxy) is 1. The third-order valence-electron chi connectivity index (χ3n) is 3.56. The van der Waals surface area contributed by atoms with Crippen LogP contribution < -0.4 is 15.1 Å². The van der Waals surface area contributed by atoms with Gasteiger partial charge in [0, 0.05) is 12.3 Å². The maximum Gasteiger partial charge on any atom is 0.288 e. The predicted octanol–water partition coefficient (Wildman–Crippen LogP) is 2.60. The minimum absolute atomic E-state index is 0.305. The van der Waals surface area contributed by atoms with E-state index in [-0.39, 0.29) is 5.56 Å². The fraction of sp³-hybridized carbons (Fsp3) is 0.278. The second-order valence-corrected chi connectivity index (χ2v) is 5.36. The van der Waals surface area contributed by atoms with Gasteiger partial charge in [-0.05, 0) is 12.0 Å². The maximum absolute atomic E-state index is 12.4. The van der Waals surface area contributed by atoms with Crippen LogP contribution in [0.4, 0.5) is 0 Å². The molecular weight excluding hydrogens is 306 g/mol. The first kappa shape index (κ1) is 16.0. The van der Waals surface area contributed by atoms with Crippen LogP contribution in [0.2, 0.25) is 0 Å². The first-order valence-corrected chi connectivity index (χ1v) is 7.95. The molecule has 0 atom stereocenters. The predicted molar refractivity (Wildman–Crippen MR) is 90.9 cm³/mol. The molecule has 0 saturated heterocycles. The van der Waals surface area contributed by atoms with E-state index in [4.69, 9.17) is 9.57 Å². The zero-order valence-electron chi connectivity index (χ0n) is 13.5. The van der Waals surface area contributed by atoms with Crippen LogP contribution in [0.5, 0.6) is 5.75 Å². The number of fused-ring (bicyclic) bond motifs is 1. The number of rotatable bonds is 7. The van der Waals surface area contributed by atoms with Gasteiger partial charge in [-0.1, -0.05) is 43.7 Å².